The van der Waals surface area contributed by atoms with Crippen LogP contribution in [0.4, 0.5) is 11.4 Å². The van der Waals surface area contributed by atoms with Crippen LogP contribution in [-0.4, -0.2) is 30.4 Å². The van der Waals surface area contributed by atoms with Crippen LogP contribution in [0, 0.1) is 6.92 Å². The Morgan fingerprint density at radius 3 is 2.28 bits per heavy atom. The number of hydrogen-bond donors (Lipinski definition) is 2. The molecule has 25 heavy (non-hydrogen) atoms. The van der Waals surface area contributed by atoms with E-state index in [1.165, 1.54) is 11.8 Å². The summed E-state index contributed by atoms with van der Waals surface area (Å²) in [5, 5.41) is 5.66. The largest absolute Gasteiger partial charge is 0.380 e. The van der Waals surface area contributed by atoms with Crippen LogP contribution in [0.15, 0.2) is 48.5 Å². The monoisotopic (exact) mass is 358 g/mol. The van der Waals surface area contributed by atoms with E-state index in [1.807, 2.05) is 55.5 Å². The van der Waals surface area contributed by atoms with Crippen molar-refractivity contribution in [2.24, 2.45) is 0 Å². The van der Waals surface area contributed by atoms with Crippen LogP contribution in [0.3, 0.4) is 0 Å². The summed E-state index contributed by atoms with van der Waals surface area (Å²) in [7, 11) is 1.61. The highest BCUT2D eigenvalue weighted by Crippen LogP contribution is 2.16. The highest BCUT2D eigenvalue weighted by Gasteiger charge is 2.08. The van der Waals surface area contributed by atoms with Crippen molar-refractivity contribution in [2.45, 2.75) is 13.5 Å². The number of rotatable bonds is 8. The lowest BCUT2D eigenvalue weighted by atomic mass is 10.2. The average Bonchev–Trinajstić information content (AvgIpc) is 2.59. The van der Waals surface area contributed by atoms with E-state index in [0.29, 0.717) is 6.61 Å². The van der Waals surface area contributed by atoms with E-state index in [1.54, 1.807) is 7.11 Å². The molecule has 0 atom stereocenters. The van der Waals surface area contributed by atoms with Crippen molar-refractivity contribution in [1.82, 2.24) is 0 Å². The molecule has 0 fully saturated rings. The molecule has 0 aromatic heterocycles. The molecule has 5 nitrogen and oxygen atoms in total. The Kier molecular flexibility index (Phi) is 7.50. The minimum Gasteiger partial charge on any atom is -0.380 e. The second kappa shape index (κ2) is 9.86. The number of methoxy groups -OCH3 is 1. The number of carbonyl (C=O) groups excluding carboxylic acids is 2. The van der Waals surface area contributed by atoms with Crippen LogP contribution >= 0.6 is 11.8 Å². The maximum atomic E-state index is 12.0. The number of aryl methyl sites for hydroxylation is 1. The van der Waals surface area contributed by atoms with Gasteiger partial charge in [0.05, 0.1) is 18.1 Å². The van der Waals surface area contributed by atoms with E-state index in [4.69, 9.17) is 4.74 Å². The SMILES string of the molecule is COCc1ccccc1NC(=O)CSCC(=O)Nc1ccc(C)cc1. The van der Waals surface area contributed by atoms with Gasteiger partial charge < -0.3 is 15.4 Å². The number of nitrogens with one attached hydrogen (secondary N) is 2. The van der Waals surface area contributed by atoms with Crippen molar-refractivity contribution in [1.29, 1.82) is 0 Å². The minimum atomic E-state index is -0.142. The number of benzene rings is 2. The first-order valence-corrected chi connectivity index (χ1v) is 9.05. The second-order valence-corrected chi connectivity index (χ2v) is 6.53. The Hall–Kier alpha value is -2.31. The van der Waals surface area contributed by atoms with Gasteiger partial charge in [-0.2, -0.15) is 0 Å². The summed E-state index contributed by atoms with van der Waals surface area (Å²) in [5.41, 5.74) is 3.55. The summed E-state index contributed by atoms with van der Waals surface area (Å²) in [6.45, 7) is 2.42. The Morgan fingerprint density at radius 2 is 1.60 bits per heavy atom. The summed E-state index contributed by atoms with van der Waals surface area (Å²) in [6, 6.07) is 15.1. The third-order valence-electron chi connectivity index (χ3n) is 3.39. The molecule has 0 heterocycles. The standard InChI is InChI=1S/C19H22N2O3S/c1-14-7-9-16(10-8-14)20-18(22)12-25-13-19(23)21-17-6-4-3-5-15(17)11-24-2/h3-10H,11-13H2,1-2H3,(H,20,22)(H,21,23). The smallest absolute Gasteiger partial charge is 0.234 e. The molecular formula is C19H22N2O3S. The molecular weight excluding hydrogens is 336 g/mol. The molecule has 0 aliphatic carbocycles. The number of thioether (sulfide) groups is 1. The zero-order chi connectivity index (χ0) is 18.1. The van der Waals surface area contributed by atoms with Crippen LogP contribution < -0.4 is 10.6 Å². The van der Waals surface area contributed by atoms with E-state index < -0.39 is 0 Å². The first-order chi connectivity index (χ1) is 12.1. The van der Waals surface area contributed by atoms with Gasteiger partial charge in [0.1, 0.15) is 0 Å². The molecule has 6 heteroatoms. The Balaban J connectivity index is 1.75. The molecule has 2 aromatic rings. The molecule has 2 rings (SSSR count). The predicted octanol–water partition coefficient (Wildman–Crippen LogP) is 3.45. The zero-order valence-electron chi connectivity index (χ0n) is 14.4. The normalized spacial score (nSPS) is 10.3. The van der Waals surface area contributed by atoms with Crippen LogP contribution in [0.1, 0.15) is 11.1 Å². The van der Waals surface area contributed by atoms with Crippen molar-refractivity contribution in [3.8, 4) is 0 Å². The van der Waals surface area contributed by atoms with E-state index in [2.05, 4.69) is 10.6 Å². The molecule has 0 aliphatic heterocycles. The fourth-order valence-corrected chi connectivity index (χ4v) is 2.80. The van der Waals surface area contributed by atoms with E-state index in [9.17, 15) is 9.59 Å². The predicted molar refractivity (Wildman–Crippen MR) is 103 cm³/mol. The first-order valence-electron chi connectivity index (χ1n) is 7.89. The van der Waals surface area contributed by atoms with Gasteiger partial charge in [-0.15, -0.1) is 11.8 Å². The fourth-order valence-electron chi connectivity index (χ4n) is 2.18. The number of anilines is 2. The molecule has 0 spiro atoms. The number of amides is 2. The first kappa shape index (κ1) is 19.0. The van der Waals surface area contributed by atoms with Gasteiger partial charge in [0.15, 0.2) is 0 Å². The number of ether oxygens (including phenoxy) is 1. The maximum absolute atomic E-state index is 12.0. The second-order valence-electron chi connectivity index (χ2n) is 5.55. The number of carbonyl (C=O) groups is 2. The average molecular weight is 358 g/mol. The summed E-state index contributed by atoms with van der Waals surface area (Å²) >= 11 is 1.27. The molecule has 0 bridgehead atoms. The van der Waals surface area contributed by atoms with Crippen LogP contribution in [0.25, 0.3) is 0 Å². The lowest BCUT2D eigenvalue weighted by molar-refractivity contribution is -0.114. The zero-order valence-corrected chi connectivity index (χ0v) is 15.2. The van der Waals surface area contributed by atoms with Gasteiger partial charge in [0.25, 0.3) is 0 Å². The van der Waals surface area contributed by atoms with Gasteiger partial charge in [0, 0.05) is 24.0 Å². The van der Waals surface area contributed by atoms with Crippen molar-refractivity contribution >= 4 is 35.0 Å². The molecule has 0 radical (unpaired) electrons. The Morgan fingerprint density at radius 1 is 0.960 bits per heavy atom. The highest BCUT2D eigenvalue weighted by molar-refractivity contribution is 8.00. The van der Waals surface area contributed by atoms with Gasteiger partial charge in [-0.25, -0.2) is 0 Å². The van der Waals surface area contributed by atoms with E-state index >= 15 is 0 Å². The van der Waals surface area contributed by atoms with Crippen LogP contribution in [0.2, 0.25) is 0 Å². The van der Waals surface area contributed by atoms with Crippen LogP contribution in [-0.2, 0) is 20.9 Å². The van der Waals surface area contributed by atoms with E-state index in [0.717, 1.165) is 22.5 Å². The lowest BCUT2D eigenvalue weighted by Gasteiger charge is -2.10. The molecule has 2 amide bonds. The van der Waals surface area contributed by atoms with Gasteiger partial charge in [-0.05, 0) is 25.1 Å². The van der Waals surface area contributed by atoms with Crippen molar-refractivity contribution < 1.29 is 14.3 Å². The quantitative estimate of drug-likeness (QED) is 0.758. The van der Waals surface area contributed by atoms with Crippen molar-refractivity contribution in [3.05, 3.63) is 59.7 Å². The summed E-state index contributed by atoms with van der Waals surface area (Å²) in [4.78, 5) is 23.9. The molecule has 0 aliphatic rings. The van der Waals surface area contributed by atoms with E-state index in [-0.39, 0.29) is 23.3 Å². The number of para-hydroxylation sites is 1. The molecule has 2 N–H and O–H groups in total. The molecule has 132 valence electrons. The van der Waals surface area contributed by atoms with Gasteiger partial charge in [-0.1, -0.05) is 35.9 Å². The van der Waals surface area contributed by atoms with Crippen molar-refractivity contribution in [3.63, 3.8) is 0 Å². The molecule has 2 aromatic carbocycles. The maximum Gasteiger partial charge on any atom is 0.234 e. The molecule has 0 unspecified atom stereocenters. The Bertz CT molecular complexity index is 717. The third kappa shape index (κ3) is 6.60. The fraction of sp³-hybridized carbons (Fsp3) is 0.263. The third-order valence-corrected chi connectivity index (χ3v) is 4.33. The Labute approximate surface area is 152 Å². The van der Waals surface area contributed by atoms with Gasteiger partial charge in [-0.3, -0.25) is 9.59 Å². The van der Waals surface area contributed by atoms with Crippen molar-refractivity contribution in [2.75, 3.05) is 29.2 Å². The van der Waals surface area contributed by atoms with Gasteiger partial charge in [0.2, 0.25) is 11.8 Å². The summed E-state index contributed by atoms with van der Waals surface area (Å²) < 4.78 is 5.12. The topological polar surface area (TPSA) is 67.4 Å². The molecule has 0 saturated carbocycles. The highest BCUT2D eigenvalue weighted by atomic mass is 32.2. The summed E-state index contributed by atoms with van der Waals surface area (Å²) in [5.74, 6) is 0.169. The lowest BCUT2D eigenvalue weighted by Crippen LogP contribution is -2.19. The summed E-state index contributed by atoms with van der Waals surface area (Å²) in [6.07, 6.45) is 0. The molecule has 0 saturated heterocycles. The van der Waals surface area contributed by atoms with Gasteiger partial charge >= 0.3 is 0 Å². The minimum absolute atomic E-state index is 0.124. The number of hydrogen-bond acceptors (Lipinski definition) is 4. The van der Waals surface area contributed by atoms with Crippen LogP contribution in [0.5, 0.6) is 0 Å².